The average molecular weight is 348 g/mol. The van der Waals surface area contributed by atoms with Crippen LogP contribution in [0.25, 0.3) is 0 Å². The lowest BCUT2D eigenvalue weighted by Gasteiger charge is -2.18. The molecule has 1 aliphatic heterocycles. The first-order valence-corrected chi connectivity index (χ1v) is 7.56. The van der Waals surface area contributed by atoms with Crippen LogP contribution < -0.4 is 5.32 Å². The molecule has 0 atom stereocenters. The molecule has 8 nitrogen and oxygen atoms in total. The van der Waals surface area contributed by atoms with E-state index in [4.69, 9.17) is 14.3 Å². The summed E-state index contributed by atoms with van der Waals surface area (Å²) in [6.07, 6.45) is 1.03. The Kier molecular flexibility index (Phi) is 5.43. The van der Waals surface area contributed by atoms with Crippen molar-refractivity contribution in [2.75, 3.05) is 14.2 Å². The van der Waals surface area contributed by atoms with Crippen LogP contribution in [0.3, 0.4) is 0 Å². The number of hydrogen-bond donors (Lipinski definition) is 1. The van der Waals surface area contributed by atoms with Crippen LogP contribution in [0.2, 0.25) is 0 Å². The Morgan fingerprint density at radius 3 is 2.36 bits per heavy atom. The van der Waals surface area contributed by atoms with Crippen LogP contribution in [0.1, 0.15) is 29.8 Å². The maximum atomic E-state index is 12.3. The number of ether oxygens (including phenoxy) is 2. The van der Waals surface area contributed by atoms with Gasteiger partial charge >= 0.3 is 5.97 Å². The maximum Gasteiger partial charge on any atom is 0.377 e. The van der Waals surface area contributed by atoms with Crippen LogP contribution in [-0.4, -0.2) is 42.8 Å². The van der Waals surface area contributed by atoms with Crippen molar-refractivity contribution < 1.29 is 28.7 Å². The largest absolute Gasteiger partial charge is 0.445 e. The molecule has 1 aliphatic rings. The first-order chi connectivity index (χ1) is 11.8. The minimum Gasteiger partial charge on any atom is -0.445 e. The summed E-state index contributed by atoms with van der Waals surface area (Å²) < 4.78 is 10.2. The molecule has 0 spiro atoms. The molecule has 2 amide bonds. The number of benzene rings is 1. The number of carbonyl (C=O) groups is 3. The summed E-state index contributed by atoms with van der Waals surface area (Å²) in [5.74, 6) is -2.74. The number of hydrogen-bond acceptors (Lipinski definition) is 6. The van der Waals surface area contributed by atoms with Gasteiger partial charge in [0.1, 0.15) is 0 Å². The number of rotatable bonds is 5. The van der Waals surface area contributed by atoms with Gasteiger partial charge in [-0.3, -0.25) is 14.4 Å². The third kappa shape index (κ3) is 4.57. The highest BCUT2D eigenvalue weighted by atomic mass is 16.8. The Hall–Kier alpha value is -2.87. The third-order valence-corrected chi connectivity index (χ3v) is 3.39. The standard InChI is InChI=1S/C17H20N2O6/c1-17(2)24-13(16(22)25-17)9-14(20)19(23-4)10-11-5-7-12(8-6-11)15(21)18-3/h5-9H,10H2,1-4H3,(H,18,21)/b13-9-. The van der Waals surface area contributed by atoms with Gasteiger partial charge in [0.05, 0.1) is 19.7 Å². The molecule has 0 saturated carbocycles. The van der Waals surface area contributed by atoms with E-state index in [0.29, 0.717) is 5.56 Å². The van der Waals surface area contributed by atoms with Crippen LogP contribution in [0.5, 0.6) is 0 Å². The SMILES string of the molecule is CNC(=O)c1ccc(CN(OC)C(=O)/C=C2\OC(C)(C)OC2=O)cc1. The summed E-state index contributed by atoms with van der Waals surface area (Å²) in [5, 5.41) is 3.59. The fourth-order valence-electron chi connectivity index (χ4n) is 2.18. The predicted molar refractivity (Wildman–Crippen MR) is 86.7 cm³/mol. The number of hydroxylamine groups is 2. The van der Waals surface area contributed by atoms with E-state index in [1.807, 2.05) is 0 Å². The van der Waals surface area contributed by atoms with Crippen LogP contribution >= 0.6 is 0 Å². The highest BCUT2D eigenvalue weighted by molar-refractivity contribution is 5.97. The van der Waals surface area contributed by atoms with Gasteiger partial charge in [-0.2, -0.15) is 0 Å². The van der Waals surface area contributed by atoms with E-state index in [2.05, 4.69) is 5.32 Å². The summed E-state index contributed by atoms with van der Waals surface area (Å²) in [5.41, 5.74) is 1.25. The zero-order chi connectivity index (χ0) is 18.6. The van der Waals surface area contributed by atoms with E-state index in [-0.39, 0.29) is 18.2 Å². The zero-order valence-corrected chi connectivity index (χ0v) is 14.5. The van der Waals surface area contributed by atoms with Crippen molar-refractivity contribution in [1.29, 1.82) is 0 Å². The van der Waals surface area contributed by atoms with E-state index < -0.39 is 17.7 Å². The first kappa shape index (κ1) is 18.5. The van der Waals surface area contributed by atoms with Crippen LogP contribution in [-0.2, 0) is 30.4 Å². The lowest BCUT2D eigenvalue weighted by Crippen LogP contribution is -2.28. The maximum absolute atomic E-state index is 12.3. The molecular formula is C17H20N2O6. The Labute approximate surface area is 145 Å². The summed E-state index contributed by atoms with van der Waals surface area (Å²) >= 11 is 0. The molecule has 0 aliphatic carbocycles. The summed E-state index contributed by atoms with van der Waals surface area (Å²) in [7, 11) is 2.89. The van der Waals surface area contributed by atoms with Crippen molar-refractivity contribution in [2.24, 2.45) is 0 Å². The van der Waals surface area contributed by atoms with E-state index >= 15 is 0 Å². The van der Waals surface area contributed by atoms with Gasteiger partial charge in [0.15, 0.2) is 0 Å². The molecule has 0 bridgehead atoms. The average Bonchev–Trinajstić information content (AvgIpc) is 2.83. The molecule has 0 radical (unpaired) electrons. The minimum atomic E-state index is -1.10. The minimum absolute atomic E-state index is 0.131. The van der Waals surface area contributed by atoms with Gasteiger partial charge in [0.25, 0.3) is 11.8 Å². The van der Waals surface area contributed by atoms with E-state index in [1.165, 1.54) is 7.11 Å². The third-order valence-electron chi connectivity index (χ3n) is 3.39. The summed E-state index contributed by atoms with van der Waals surface area (Å²) in [6.45, 7) is 3.27. The van der Waals surface area contributed by atoms with Crippen LogP contribution in [0.15, 0.2) is 36.1 Å². The van der Waals surface area contributed by atoms with Crippen molar-refractivity contribution in [2.45, 2.75) is 26.2 Å². The Morgan fingerprint density at radius 1 is 1.24 bits per heavy atom. The smallest absolute Gasteiger partial charge is 0.377 e. The van der Waals surface area contributed by atoms with Crippen LogP contribution in [0.4, 0.5) is 0 Å². The van der Waals surface area contributed by atoms with Gasteiger partial charge in [0.2, 0.25) is 11.5 Å². The molecule has 8 heteroatoms. The second kappa shape index (κ2) is 7.35. The summed E-state index contributed by atoms with van der Waals surface area (Å²) in [4.78, 5) is 40.5. The molecule has 134 valence electrons. The van der Waals surface area contributed by atoms with Gasteiger partial charge in [0, 0.05) is 26.5 Å². The van der Waals surface area contributed by atoms with Gasteiger partial charge in [-0.05, 0) is 17.7 Å². The van der Waals surface area contributed by atoms with Crippen LogP contribution in [0, 0.1) is 0 Å². The van der Waals surface area contributed by atoms with Crippen molar-refractivity contribution >= 4 is 17.8 Å². The molecular weight excluding hydrogens is 328 g/mol. The highest BCUT2D eigenvalue weighted by Gasteiger charge is 2.38. The van der Waals surface area contributed by atoms with E-state index in [1.54, 1.807) is 45.2 Å². The van der Waals surface area contributed by atoms with Gasteiger partial charge in [-0.1, -0.05) is 12.1 Å². The number of nitrogens with one attached hydrogen (secondary N) is 1. The fourth-order valence-corrected chi connectivity index (χ4v) is 2.18. The van der Waals surface area contributed by atoms with E-state index in [9.17, 15) is 14.4 Å². The molecule has 1 heterocycles. The zero-order valence-electron chi connectivity index (χ0n) is 14.5. The second-order valence-electron chi connectivity index (χ2n) is 5.73. The summed E-state index contributed by atoms with van der Waals surface area (Å²) in [6, 6.07) is 6.71. The van der Waals surface area contributed by atoms with Crippen molar-refractivity contribution in [3.63, 3.8) is 0 Å². The van der Waals surface area contributed by atoms with E-state index in [0.717, 1.165) is 16.7 Å². The lowest BCUT2D eigenvalue weighted by atomic mass is 10.1. The topological polar surface area (TPSA) is 94.2 Å². The predicted octanol–water partition coefficient (Wildman–Crippen LogP) is 1.13. The molecule has 1 saturated heterocycles. The second-order valence-corrected chi connectivity index (χ2v) is 5.73. The fraction of sp³-hybridized carbons (Fsp3) is 0.353. The molecule has 1 aromatic rings. The first-order valence-electron chi connectivity index (χ1n) is 7.56. The molecule has 2 rings (SSSR count). The quantitative estimate of drug-likeness (QED) is 0.487. The van der Waals surface area contributed by atoms with Gasteiger partial charge in [-0.25, -0.2) is 9.86 Å². The Morgan fingerprint density at radius 2 is 1.88 bits per heavy atom. The number of cyclic esters (lactones) is 1. The number of nitrogens with zero attached hydrogens (tertiary/aromatic N) is 1. The number of carbonyl (C=O) groups excluding carboxylic acids is 3. The van der Waals surface area contributed by atoms with Crippen molar-refractivity contribution in [3.05, 3.63) is 47.2 Å². The normalized spacial score (nSPS) is 17.0. The number of esters is 1. The van der Waals surface area contributed by atoms with Gasteiger partial charge in [-0.15, -0.1) is 0 Å². The highest BCUT2D eigenvalue weighted by Crippen LogP contribution is 2.26. The molecule has 0 aromatic heterocycles. The lowest BCUT2D eigenvalue weighted by molar-refractivity contribution is -0.173. The number of amides is 2. The Bertz CT molecular complexity index is 708. The monoisotopic (exact) mass is 348 g/mol. The van der Waals surface area contributed by atoms with Crippen molar-refractivity contribution in [3.8, 4) is 0 Å². The molecule has 1 N–H and O–H groups in total. The molecule has 1 fully saturated rings. The van der Waals surface area contributed by atoms with Crippen molar-refractivity contribution in [1.82, 2.24) is 10.4 Å². The molecule has 1 aromatic carbocycles. The van der Waals surface area contributed by atoms with Gasteiger partial charge < -0.3 is 14.8 Å². The Balaban J connectivity index is 2.08. The molecule has 25 heavy (non-hydrogen) atoms. The molecule has 0 unspecified atom stereocenters.